The molecule has 0 saturated heterocycles. The fourth-order valence-corrected chi connectivity index (χ4v) is 1.17. The van der Waals surface area contributed by atoms with Crippen LogP contribution in [0.25, 0.3) is 0 Å². The van der Waals surface area contributed by atoms with Crippen molar-refractivity contribution in [2.24, 2.45) is 0 Å². The number of hydrogen-bond donors (Lipinski definition) is 1. The Labute approximate surface area is 111 Å². The van der Waals surface area contributed by atoms with Crippen molar-refractivity contribution in [1.82, 2.24) is 10.2 Å². The minimum Gasteiger partial charge on any atom is -0.454 e. The number of nitrogens with one attached hydrogen (secondary N) is 1. The lowest BCUT2D eigenvalue weighted by molar-refractivity contribution is -0.150. The van der Waals surface area contributed by atoms with Crippen LogP contribution in [0.5, 0.6) is 0 Å². The van der Waals surface area contributed by atoms with E-state index in [1.807, 2.05) is 0 Å². The highest BCUT2D eigenvalue weighted by Crippen LogP contribution is 1.97. The molecule has 0 aliphatic carbocycles. The van der Waals surface area contributed by atoms with E-state index >= 15 is 0 Å². The third kappa shape index (κ3) is 5.20. The van der Waals surface area contributed by atoms with Crippen molar-refractivity contribution >= 4 is 17.8 Å². The van der Waals surface area contributed by atoms with E-state index in [4.69, 9.17) is 4.74 Å². The van der Waals surface area contributed by atoms with E-state index in [9.17, 15) is 14.4 Å². The quantitative estimate of drug-likeness (QED) is 0.762. The summed E-state index contributed by atoms with van der Waals surface area (Å²) in [5, 5.41) is 2.41. The van der Waals surface area contributed by atoms with E-state index in [0.29, 0.717) is 5.56 Å². The van der Waals surface area contributed by atoms with E-state index in [0.717, 1.165) is 0 Å². The molecule has 0 aliphatic rings. The molecular weight excluding hydrogens is 248 g/mol. The van der Waals surface area contributed by atoms with Crippen LogP contribution in [0.4, 0.5) is 0 Å². The Balaban J connectivity index is 2.31. The lowest BCUT2D eigenvalue weighted by atomic mass is 10.2. The third-order valence-electron chi connectivity index (χ3n) is 2.28. The second kappa shape index (κ2) is 7.15. The third-order valence-corrected chi connectivity index (χ3v) is 2.28. The minimum atomic E-state index is -0.653. The van der Waals surface area contributed by atoms with Crippen LogP contribution in [0.2, 0.25) is 0 Å². The average molecular weight is 264 g/mol. The minimum absolute atomic E-state index is 0.269. The first-order valence-corrected chi connectivity index (χ1v) is 5.69. The Hall–Kier alpha value is -2.37. The molecule has 1 aromatic rings. The maximum absolute atomic E-state index is 11.6. The van der Waals surface area contributed by atoms with Crippen LogP contribution in [0.1, 0.15) is 10.4 Å². The van der Waals surface area contributed by atoms with E-state index in [1.165, 1.54) is 4.90 Å². The summed E-state index contributed by atoms with van der Waals surface area (Å²) >= 11 is 0. The summed E-state index contributed by atoms with van der Waals surface area (Å²) in [6.45, 7) is -0.596. The zero-order valence-corrected chi connectivity index (χ0v) is 10.9. The topological polar surface area (TPSA) is 75.7 Å². The Bertz CT molecular complexity index is 457. The molecule has 0 saturated carbocycles. The molecule has 1 rings (SSSR count). The number of nitrogens with zero attached hydrogens (tertiary/aromatic N) is 1. The number of benzene rings is 1. The van der Waals surface area contributed by atoms with E-state index < -0.39 is 5.97 Å². The van der Waals surface area contributed by atoms with Crippen LogP contribution in [-0.4, -0.2) is 49.9 Å². The molecule has 102 valence electrons. The van der Waals surface area contributed by atoms with Crippen LogP contribution in [0, 0.1) is 0 Å². The lowest BCUT2D eigenvalue weighted by Crippen LogP contribution is -2.33. The molecule has 19 heavy (non-hydrogen) atoms. The van der Waals surface area contributed by atoms with Crippen molar-refractivity contribution in [3.8, 4) is 0 Å². The zero-order chi connectivity index (χ0) is 14.3. The van der Waals surface area contributed by atoms with Gasteiger partial charge in [-0.15, -0.1) is 0 Å². The smallest absolute Gasteiger partial charge is 0.325 e. The van der Waals surface area contributed by atoms with Crippen LogP contribution >= 0.6 is 0 Å². The Morgan fingerprint density at radius 3 is 2.37 bits per heavy atom. The van der Waals surface area contributed by atoms with Crippen molar-refractivity contribution in [2.45, 2.75) is 0 Å². The molecule has 1 aromatic carbocycles. The van der Waals surface area contributed by atoms with Gasteiger partial charge in [-0.2, -0.15) is 0 Å². The van der Waals surface area contributed by atoms with E-state index in [2.05, 4.69) is 5.32 Å². The molecule has 0 atom stereocenters. The van der Waals surface area contributed by atoms with E-state index in [1.54, 1.807) is 44.4 Å². The molecule has 2 amide bonds. The van der Waals surface area contributed by atoms with Crippen LogP contribution in [0.3, 0.4) is 0 Å². The summed E-state index contributed by atoms with van der Waals surface area (Å²) in [7, 11) is 3.13. The molecular formula is C13H16N2O4. The molecule has 0 fully saturated rings. The zero-order valence-electron chi connectivity index (χ0n) is 10.9. The molecule has 0 bridgehead atoms. The highest BCUT2D eigenvalue weighted by atomic mass is 16.5. The van der Waals surface area contributed by atoms with Crippen LogP contribution in [-0.2, 0) is 14.3 Å². The predicted molar refractivity (Wildman–Crippen MR) is 68.4 cm³/mol. The van der Waals surface area contributed by atoms with Crippen molar-refractivity contribution in [3.05, 3.63) is 35.9 Å². The van der Waals surface area contributed by atoms with Gasteiger partial charge in [-0.25, -0.2) is 0 Å². The van der Waals surface area contributed by atoms with Gasteiger partial charge in [0.05, 0.1) is 0 Å². The summed E-state index contributed by atoms with van der Waals surface area (Å²) < 4.78 is 4.71. The van der Waals surface area contributed by atoms with E-state index in [-0.39, 0.29) is 25.0 Å². The van der Waals surface area contributed by atoms with Gasteiger partial charge < -0.3 is 15.0 Å². The second-order valence-corrected chi connectivity index (χ2v) is 4.00. The fourth-order valence-electron chi connectivity index (χ4n) is 1.17. The number of carbonyl (C=O) groups is 3. The van der Waals surface area contributed by atoms with Crippen molar-refractivity contribution < 1.29 is 19.1 Å². The highest BCUT2D eigenvalue weighted by molar-refractivity contribution is 5.96. The first-order chi connectivity index (χ1) is 9.00. The lowest BCUT2D eigenvalue weighted by Gasteiger charge is -2.10. The monoisotopic (exact) mass is 264 g/mol. The molecule has 0 spiro atoms. The summed E-state index contributed by atoms with van der Waals surface area (Å²) in [5.41, 5.74) is 0.458. The van der Waals surface area contributed by atoms with Gasteiger partial charge in [0.25, 0.3) is 11.8 Å². The molecule has 0 unspecified atom stereocenters. The molecule has 0 heterocycles. The summed E-state index contributed by atoms with van der Waals surface area (Å²) in [5.74, 6) is -1.33. The van der Waals surface area contributed by atoms with Crippen LogP contribution in [0.15, 0.2) is 30.3 Å². The normalized spacial score (nSPS) is 9.58. The molecule has 0 aliphatic heterocycles. The molecule has 6 nitrogen and oxygen atoms in total. The van der Waals surface area contributed by atoms with Gasteiger partial charge in [0.1, 0.15) is 6.54 Å². The van der Waals surface area contributed by atoms with Crippen molar-refractivity contribution in [3.63, 3.8) is 0 Å². The number of carbonyl (C=O) groups excluding carboxylic acids is 3. The summed E-state index contributed by atoms with van der Waals surface area (Å²) in [6.07, 6.45) is 0. The summed E-state index contributed by atoms with van der Waals surface area (Å²) in [4.78, 5) is 35.4. The van der Waals surface area contributed by atoms with Gasteiger partial charge in [0.15, 0.2) is 6.61 Å². The molecule has 0 aromatic heterocycles. The first-order valence-electron chi connectivity index (χ1n) is 5.69. The van der Waals surface area contributed by atoms with Crippen molar-refractivity contribution in [2.75, 3.05) is 27.2 Å². The maximum atomic E-state index is 11.6. The Morgan fingerprint density at radius 2 is 1.79 bits per heavy atom. The standard InChI is InChI=1S/C13H16N2O4/c1-15(2)11(16)9-19-12(17)8-14-13(18)10-6-4-3-5-7-10/h3-7H,8-9H2,1-2H3,(H,14,18). The van der Waals surface area contributed by atoms with Gasteiger partial charge in [-0.05, 0) is 12.1 Å². The molecule has 1 N–H and O–H groups in total. The van der Waals surface area contributed by atoms with Gasteiger partial charge in [0, 0.05) is 19.7 Å². The largest absolute Gasteiger partial charge is 0.454 e. The van der Waals surface area contributed by atoms with Crippen LogP contribution < -0.4 is 5.32 Å². The number of hydrogen-bond acceptors (Lipinski definition) is 4. The number of amides is 2. The average Bonchev–Trinajstić information content (AvgIpc) is 2.42. The predicted octanol–water partition coefficient (Wildman–Crippen LogP) is 0.0478. The number of likely N-dealkylation sites (N-methyl/N-ethyl adjacent to an activating group) is 1. The molecule has 0 radical (unpaired) electrons. The number of rotatable bonds is 5. The highest BCUT2D eigenvalue weighted by Gasteiger charge is 2.11. The SMILES string of the molecule is CN(C)C(=O)COC(=O)CNC(=O)c1ccccc1. The van der Waals surface area contributed by atoms with Gasteiger partial charge in [0.2, 0.25) is 0 Å². The van der Waals surface area contributed by atoms with Gasteiger partial charge in [-0.3, -0.25) is 14.4 Å². The first kappa shape index (κ1) is 14.7. The maximum Gasteiger partial charge on any atom is 0.325 e. The summed E-state index contributed by atoms with van der Waals surface area (Å²) in [6, 6.07) is 8.51. The van der Waals surface area contributed by atoms with Gasteiger partial charge in [-0.1, -0.05) is 18.2 Å². The van der Waals surface area contributed by atoms with Gasteiger partial charge >= 0.3 is 5.97 Å². The fraction of sp³-hybridized carbons (Fsp3) is 0.308. The van der Waals surface area contributed by atoms with Crippen molar-refractivity contribution in [1.29, 1.82) is 0 Å². The Kier molecular flexibility index (Phi) is 5.53. The second-order valence-electron chi connectivity index (χ2n) is 4.00. The number of ether oxygens (including phenoxy) is 1. The molecule has 6 heteroatoms. The Morgan fingerprint density at radius 1 is 1.16 bits per heavy atom. The number of esters is 1.